The summed E-state index contributed by atoms with van der Waals surface area (Å²) < 4.78 is 12.8. The Bertz CT molecular complexity index is 380. The molecule has 2 nitrogen and oxygen atoms in total. The van der Waals surface area contributed by atoms with Crippen LogP contribution in [0.2, 0.25) is 0 Å². The van der Waals surface area contributed by atoms with Gasteiger partial charge in [0.2, 0.25) is 0 Å². The quantitative estimate of drug-likeness (QED) is 0.777. The van der Waals surface area contributed by atoms with E-state index in [0.29, 0.717) is 11.1 Å². The van der Waals surface area contributed by atoms with Crippen LogP contribution in [0.5, 0.6) is 0 Å². The Morgan fingerprint density at radius 3 is 2.53 bits per heavy atom. The van der Waals surface area contributed by atoms with Gasteiger partial charge in [-0.1, -0.05) is 0 Å². The minimum Gasteiger partial charge on any atom is -0.325 e. The van der Waals surface area contributed by atoms with Crippen molar-refractivity contribution in [1.82, 2.24) is 0 Å². The molecule has 0 unspecified atom stereocenters. The fourth-order valence-electron chi connectivity index (χ4n) is 1.45. The summed E-state index contributed by atoms with van der Waals surface area (Å²) in [6.07, 6.45) is 0.263. The topological polar surface area (TPSA) is 43.1 Å². The number of carbonyl (C=O) groups excluding carboxylic acids is 1. The monoisotopic (exact) mass is 209 g/mol. The van der Waals surface area contributed by atoms with Crippen molar-refractivity contribution in [2.45, 2.75) is 32.7 Å². The fourth-order valence-corrected chi connectivity index (χ4v) is 1.45. The summed E-state index contributed by atoms with van der Waals surface area (Å²) >= 11 is 0. The number of carbonyl (C=O) groups is 1. The number of aryl methyl sites for hydroxylation is 1. The van der Waals surface area contributed by atoms with E-state index >= 15 is 0 Å². The van der Waals surface area contributed by atoms with Crippen molar-refractivity contribution in [1.29, 1.82) is 0 Å². The highest BCUT2D eigenvalue weighted by atomic mass is 19.1. The van der Waals surface area contributed by atoms with Gasteiger partial charge in [-0.05, 0) is 44.5 Å². The lowest BCUT2D eigenvalue weighted by Gasteiger charge is -2.17. The molecule has 0 spiro atoms. The SMILES string of the molecule is Cc1cc(F)ccc1C(=O)CC(C)(C)N. The van der Waals surface area contributed by atoms with Crippen molar-refractivity contribution >= 4 is 5.78 Å². The number of rotatable bonds is 3. The van der Waals surface area contributed by atoms with Crippen molar-refractivity contribution < 1.29 is 9.18 Å². The molecule has 0 atom stereocenters. The zero-order chi connectivity index (χ0) is 11.6. The minimum atomic E-state index is -0.530. The Kier molecular flexibility index (Phi) is 3.25. The molecule has 0 fully saturated rings. The molecule has 1 aromatic rings. The lowest BCUT2D eigenvalue weighted by molar-refractivity contribution is 0.0959. The molecule has 0 aromatic heterocycles. The van der Waals surface area contributed by atoms with Gasteiger partial charge in [0.1, 0.15) is 5.82 Å². The number of hydrogen-bond acceptors (Lipinski definition) is 2. The average molecular weight is 209 g/mol. The van der Waals surface area contributed by atoms with Gasteiger partial charge in [0.05, 0.1) is 0 Å². The highest BCUT2D eigenvalue weighted by Gasteiger charge is 2.18. The zero-order valence-electron chi connectivity index (χ0n) is 9.30. The second kappa shape index (κ2) is 4.11. The van der Waals surface area contributed by atoms with Crippen LogP contribution in [0.1, 0.15) is 36.2 Å². The Hall–Kier alpha value is -1.22. The number of benzene rings is 1. The van der Waals surface area contributed by atoms with Crippen LogP contribution in [-0.4, -0.2) is 11.3 Å². The molecule has 0 aliphatic heterocycles. The summed E-state index contributed by atoms with van der Waals surface area (Å²) in [6.45, 7) is 5.31. The first-order chi connectivity index (χ1) is 6.79. The Morgan fingerprint density at radius 2 is 2.07 bits per heavy atom. The molecular weight excluding hydrogens is 193 g/mol. The van der Waals surface area contributed by atoms with Gasteiger partial charge in [-0.2, -0.15) is 0 Å². The molecule has 1 rings (SSSR count). The van der Waals surface area contributed by atoms with E-state index in [0.717, 1.165) is 0 Å². The van der Waals surface area contributed by atoms with Gasteiger partial charge in [0.25, 0.3) is 0 Å². The summed E-state index contributed by atoms with van der Waals surface area (Å²) in [7, 11) is 0. The molecule has 0 saturated heterocycles. The molecule has 15 heavy (non-hydrogen) atoms. The summed E-state index contributed by atoms with van der Waals surface area (Å²) in [5.74, 6) is -0.365. The summed E-state index contributed by atoms with van der Waals surface area (Å²) in [4.78, 5) is 11.8. The van der Waals surface area contributed by atoms with Crippen molar-refractivity contribution in [3.8, 4) is 0 Å². The van der Waals surface area contributed by atoms with Gasteiger partial charge in [0, 0.05) is 17.5 Å². The Labute approximate surface area is 89.3 Å². The molecule has 82 valence electrons. The highest BCUT2D eigenvalue weighted by Crippen LogP contribution is 2.15. The lowest BCUT2D eigenvalue weighted by atomic mass is 9.93. The minimum absolute atomic E-state index is 0.0417. The smallest absolute Gasteiger partial charge is 0.164 e. The normalized spacial score (nSPS) is 11.5. The second-order valence-corrected chi connectivity index (χ2v) is 4.55. The van der Waals surface area contributed by atoms with E-state index in [2.05, 4.69) is 0 Å². The van der Waals surface area contributed by atoms with E-state index in [1.807, 2.05) is 0 Å². The molecular formula is C12H16FNO. The third-order valence-electron chi connectivity index (χ3n) is 2.11. The Balaban J connectivity index is 2.92. The molecule has 2 N–H and O–H groups in total. The van der Waals surface area contributed by atoms with Gasteiger partial charge >= 0.3 is 0 Å². The first-order valence-electron chi connectivity index (χ1n) is 4.88. The van der Waals surface area contributed by atoms with Crippen LogP contribution in [0.15, 0.2) is 18.2 Å². The first kappa shape index (κ1) is 11.9. The summed E-state index contributed by atoms with van der Waals surface area (Å²) in [5.41, 5.74) is 6.44. The standard InChI is InChI=1S/C12H16FNO/c1-8-6-9(13)4-5-10(8)11(15)7-12(2,3)14/h4-6H,7,14H2,1-3H3. The van der Waals surface area contributed by atoms with E-state index < -0.39 is 5.54 Å². The predicted molar refractivity (Wildman–Crippen MR) is 58.4 cm³/mol. The van der Waals surface area contributed by atoms with Crippen LogP contribution in [0.4, 0.5) is 4.39 Å². The average Bonchev–Trinajstić information content (AvgIpc) is 1.99. The lowest BCUT2D eigenvalue weighted by Crippen LogP contribution is -2.34. The van der Waals surface area contributed by atoms with Crippen LogP contribution in [0, 0.1) is 12.7 Å². The molecule has 3 heteroatoms. The van der Waals surface area contributed by atoms with Crippen molar-refractivity contribution in [2.75, 3.05) is 0 Å². The van der Waals surface area contributed by atoms with Crippen LogP contribution in [0.25, 0.3) is 0 Å². The maximum atomic E-state index is 12.8. The number of Topliss-reactive ketones (excluding diaryl/α,β-unsaturated/α-hetero) is 1. The molecule has 0 amide bonds. The highest BCUT2D eigenvalue weighted by molar-refractivity contribution is 5.98. The molecule has 0 saturated carbocycles. The van der Waals surface area contributed by atoms with Gasteiger partial charge in [-0.25, -0.2) is 4.39 Å². The van der Waals surface area contributed by atoms with E-state index in [-0.39, 0.29) is 18.0 Å². The van der Waals surface area contributed by atoms with Gasteiger partial charge in [0.15, 0.2) is 5.78 Å². The van der Waals surface area contributed by atoms with Crippen molar-refractivity contribution in [3.63, 3.8) is 0 Å². The number of halogens is 1. The molecule has 0 aliphatic rings. The summed E-state index contributed by atoms with van der Waals surface area (Å²) in [6, 6.07) is 4.17. The van der Waals surface area contributed by atoms with Crippen molar-refractivity contribution in [3.05, 3.63) is 35.1 Å². The van der Waals surface area contributed by atoms with E-state index in [9.17, 15) is 9.18 Å². The number of hydrogen-bond donors (Lipinski definition) is 1. The van der Waals surface area contributed by atoms with Crippen LogP contribution in [0.3, 0.4) is 0 Å². The molecule has 1 aromatic carbocycles. The molecule has 0 heterocycles. The zero-order valence-corrected chi connectivity index (χ0v) is 9.30. The van der Waals surface area contributed by atoms with Gasteiger partial charge in [-0.15, -0.1) is 0 Å². The molecule has 0 bridgehead atoms. The molecule has 0 radical (unpaired) electrons. The van der Waals surface area contributed by atoms with E-state index in [1.165, 1.54) is 18.2 Å². The van der Waals surface area contributed by atoms with Gasteiger partial charge < -0.3 is 5.73 Å². The predicted octanol–water partition coefficient (Wildman–Crippen LogP) is 2.44. The second-order valence-electron chi connectivity index (χ2n) is 4.55. The third-order valence-corrected chi connectivity index (χ3v) is 2.11. The number of ketones is 1. The first-order valence-corrected chi connectivity index (χ1v) is 4.88. The van der Waals surface area contributed by atoms with Gasteiger partial charge in [-0.3, -0.25) is 4.79 Å². The summed E-state index contributed by atoms with van der Waals surface area (Å²) in [5, 5.41) is 0. The van der Waals surface area contributed by atoms with Crippen molar-refractivity contribution in [2.24, 2.45) is 5.73 Å². The third kappa shape index (κ3) is 3.44. The van der Waals surface area contributed by atoms with Crippen LogP contribution >= 0.6 is 0 Å². The maximum absolute atomic E-state index is 12.8. The fraction of sp³-hybridized carbons (Fsp3) is 0.417. The molecule has 0 aliphatic carbocycles. The van der Waals surface area contributed by atoms with E-state index in [4.69, 9.17) is 5.73 Å². The van der Waals surface area contributed by atoms with Crippen LogP contribution in [-0.2, 0) is 0 Å². The largest absolute Gasteiger partial charge is 0.325 e. The van der Waals surface area contributed by atoms with Crippen LogP contribution < -0.4 is 5.73 Å². The Morgan fingerprint density at radius 1 is 1.47 bits per heavy atom. The maximum Gasteiger partial charge on any atom is 0.164 e. The van der Waals surface area contributed by atoms with E-state index in [1.54, 1.807) is 20.8 Å². The number of nitrogens with two attached hydrogens (primary N) is 1.